The van der Waals surface area contributed by atoms with Gasteiger partial charge in [-0.3, -0.25) is 0 Å². The Morgan fingerprint density at radius 1 is 0.932 bits per heavy atom. The number of urea groups is 1. The summed E-state index contributed by atoms with van der Waals surface area (Å²) in [6.45, 7) is 9.47. The van der Waals surface area contributed by atoms with Crippen molar-refractivity contribution >= 4 is 24.2 Å². The van der Waals surface area contributed by atoms with E-state index in [1.165, 1.54) is 21.8 Å². The first kappa shape index (κ1) is 34.8. The minimum atomic E-state index is -1.21. The summed E-state index contributed by atoms with van der Waals surface area (Å²) in [6.07, 6.45) is -1.92. The van der Waals surface area contributed by atoms with Gasteiger partial charge in [-0.05, 0) is 83.5 Å². The summed E-state index contributed by atoms with van der Waals surface area (Å²) in [7, 11) is 4.63. The predicted octanol–water partition coefficient (Wildman–Crippen LogP) is 2.34. The van der Waals surface area contributed by atoms with Crippen molar-refractivity contribution < 1.29 is 58.6 Å². The molecular weight excluding hydrogens is 691 g/mol. The molecule has 1 saturated heterocycles. The lowest BCUT2D eigenvalue weighted by atomic mass is 10.2. The van der Waals surface area contributed by atoms with Crippen molar-refractivity contribution in [3.8, 4) is 5.75 Å². The molecule has 0 radical (unpaired) electrons. The van der Waals surface area contributed by atoms with E-state index in [2.05, 4.69) is 4.99 Å². The zero-order valence-corrected chi connectivity index (χ0v) is 28.6. The van der Waals surface area contributed by atoms with E-state index in [9.17, 15) is 14.4 Å². The fourth-order valence-electron chi connectivity index (χ4n) is 4.01. The quantitative estimate of drug-likeness (QED) is 0.202. The second kappa shape index (κ2) is 13.9. The number of guanidine groups is 1. The maximum Gasteiger partial charge on any atom is 0.437 e. The largest absolute Gasteiger partial charge is 0.497 e. The van der Waals surface area contributed by atoms with Crippen LogP contribution in [0.25, 0.3) is 0 Å². The summed E-state index contributed by atoms with van der Waals surface area (Å²) < 4.78 is 47.8. The van der Waals surface area contributed by atoms with Crippen LogP contribution in [0.4, 0.5) is 23.2 Å². The van der Waals surface area contributed by atoms with Crippen molar-refractivity contribution in [1.29, 1.82) is 0 Å². The van der Waals surface area contributed by atoms with Crippen LogP contribution < -0.4 is 25.9 Å². The van der Waals surface area contributed by atoms with Crippen LogP contribution in [0.5, 0.6) is 5.75 Å². The van der Waals surface area contributed by atoms with Crippen LogP contribution in [0.1, 0.15) is 47.1 Å². The molecule has 3 rings (SSSR count). The Balaban J connectivity index is 2.06. The minimum absolute atomic E-state index is 0.0398. The number of amides is 4. The van der Waals surface area contributed by atoms with Gasteiger partial charge in [-0.1, -0.05) is 0 Å². The summed E-state index contributed by atoms with van der Waals surface area (Å²) in [4.78, 5) is 48.4. The van der Waals surface area contributed by atoms with E-state index < -0.39 is 62.8 Å². The van der Waals surface area contributed by atoms with E-state index >= 15 is 8.78 Å². The molecule has 0 saturated carbocycles. The van der Waals surface area contributed by atoms with Crippen LogP contribution in [0, 0.1) is 18.8 Å². The highest BCUT2D eigenvalue weighted by Crippen LogP contribution is 2.20. The third-order valence-electron chi connectivity index (χ3n) is 5.78. The van der Waals surface area contributed by atoms with Gasteiger partial charge >= 0.3 is 39.4 Å². The Labute approximate surface area is 267 Å². The van der Waals surface area contributed by atoms with Gasteiger partial charge in [0.15, 0.2) is 15.2 Å². The van der Waals surface area contributed by atoms with E-state index in [1.807, 2.05) is 0 Å². The first-order chi connectivity index (χ1) is 20.4. The van der Waals surface area contributed by atoms with Gasteiger partial charge in [0.25, 0.3) is 3.57 Å². The lowest BCUT2D eigenvalue weighted by Gasteiger charge is -2.42. The fourth-order valence-corrected chi connectivity index (χ4v) is 6.18. The Bertz CT molecular complexity index is 1370. The van der Waals surface area contributed by atoms with Crippen LogP contribution in [0.3, 0.4) is 0 Å². The highest BCUT2D eigenvalue weighted by Gasteiger charge is 2.36. The summed E-state index contributed by atoms with van der Waals surface area (Å²) in [5.74, 6) is -1.10. The second-order valence-electron chi connectivity index (χ2n) is 12.1. The van der Waals surface area contributed by atoms with Crippen LogP contribution in [0.2, 0.25) is 0 Å². The van der Waals surface area contributed by atoms with Gasteiger partial charge in [0.1, 0.15) is 17.0 Å². The maximum atomic E-state index is 15.4. The number of benzene rings is 2. The number of nitrogens with zero attached hydrogens (tertiary/aromatic N) is 5. The normalized spacial score (nSPS) is 14.5. The molecule has 2 aromatic carbocycles. The van der Waals surface area contributed by atoms with Gasteiger partial charge in [-0.2, -0.15) is 0 Å². The van der Waals surface area contributed by atoms with Gasteiger partial charge in [0.05, 0.1) is 27.0 Å². The minimum Gasteiger partial charge on any atom is -0.497 e. The molecule has 0 spiro atoms. The van der Waals surface area contributed by atoms with Crippen LogP contribution >= 0.6 is 0 Å². The number of methoxy groups -OCH3 is 1. The topological polar surface area (TPSA) is 104 Å². The van der Waals surface area contributed by atoms with Crippen molar-refractivity contribution in [3.63, 3.8) is 0 Å². The molecule has 0 aromatic heterocycles. The maximum absolute atomic E-state index is 15.4. The molecule has 240 valence electrons. The van der Waals surface area contributed by atoms with E-state index in [0.29, 0.717) is 5.75 Å². The standard InChI is InChI=1S/C30H39F2IN5O6/c1-29(2,3)43-26(39)34-25(37-17-35(7)27(40)36(8)18-37)38(28(41)44-30(4,5)6)16-19-14-22(31)24(23(32)15-19)33-20-10-12-21(42-9)13-11-20/h10-15H,16-18H2,1-9H3/q+1. The molecule has 0 aliphatic carbocycles. The molecule has 1 aliphatic heterocycles. The Kier molecular flexibility index (Phi) is 11.0. The van der Waals surface area contributed by atoms with Crippen molar-refractivity contribution in [1.82, 2.24) is 19.6 Å². The predicted molar refractivity (Wildman–Crippen MR) is 155 cm³/mol. The first-order valence-corrected chi connectivity index (χ1v) is 15.8. The summed E-state index contributed by atoms with van der Waals surface area (Å²) in [6, 6.07) is 9.00. The van der Waals surface area contributed by atoms with E-state index in [1.54, 1.807) is 79.9 Å². The number of hydrogen-bond acceptors (Lipinski definition) is 6. The Hall–Kier alpha value is -3.69. The summed E-state index contributed by atoms with van der Waals surface area (Å²) >= 11 is -1.21. The third-order valence-corrected chi connectivity index (χ3v) is 8.69. The Morgan fingerprint density at radius 3 is 1.93 bits per heavy atom. The average molecular weight is 731 g/mol. The monoisotopic (exact) mass is 730 g/mol. The van der Waals surface area contributed by atoms with Crippen molar-refractivity contribution in [2.45, 2.75) is 59.3 Å². The SMILES string of the molecule is COc1ccc([I+]c2c(F)cc(CN(C(=O)OC(C)(C)C)C(=NC(=O)OC(C)(C)C)N3CN(C)C(=O)N(C)C3)cc2F)cc1. The molecule has 0 atom stereocenters. The number of aliphatic imine (C=N–C) groups is 1. The molecule has 1 fully saturated rings. The number of ether oxygens (including phenoxy) is 3. The molecule has 4 amide bonds. The number of carbonyl (C=O) groups excluding carboxylic acids is 3. The van der Waals surface area contributed by atoms with E-state index in [4.69, 9.17) is 14.2 Å². The molecular formula is C30H39F2IN5O6+. The number of rotatable bonds is 5. The van der Waals surface area contributed by atoms with Crippen molar-refractivity contribution in [2.24, 2.45) is 4.99 Å². The molecule has 0 bridgehead atoms. The van der Waals surface area contributed by atoms with Gasteiger partial charge in [0, 0.05) is 14.1 Å². The lowest BCUT2D eigenvalue weighted by Crippen LogP contribution is -3.62. The van der Waals surface area contributed by atoms with Gasteiger partial charge in [-0.15, -0.1) is 4.99 Å². The van der Waals surface area contributed by atoms with E-state index in [0.717, 1.165) is 20.6 Å². The van der Waals surface area contributed by atoms with Crippen molar-refractivity contribution in [3.05, 3.63) is 60.7 Å². The molecule has 0 N–H and O–H groups in total. The number of hydrogen-bond donors (Lipinski definition) is 0. The lowest BCUT2D eigenvalue weighted by molar-refractivity contribution is -0.603. The molecule has 0 unspecified atom stereocenters. The second-order valence-corrected chi connectivity index (χ2v) is 14.9. The molecule has 1 heterocycles. The van der Waals surface area contributed by atoms with Gasteiger partial charge in [-0.25, -0.2) is 28.1 Å². The van der Waals surface area contributed by atoms with Crippen LogP contribution in [-0.4, -0.2) is 89.5 Å². The number of carbonyl (C=O) groups is 3. The average Bonchev–Trinajstić information content (AvgIpc) is 2.89. The zero-order chi connectivity index (χ0) is 33.0. The molecule has 1 aliphatic rings. The molecule has 14 heteroatoms. The van der Waals surface area contributed by atoms with Gasteiger partial charge in [0.2, 0.25) is 5.96 Å². The van der Waals surface area contributed by atoms with Gasteiger partial charge < -0.3 is 28.9 Å². The molecule has 11 nitrogen and oxygen atoms in total. The molecule has 2 aromatic rings. The highest BCUT2D eigenvalue weighted by atomic mass is 127. The zero-order valence-electron chi connectivity index (χ0n) is 26.4. The third kappa shape index (κ3) is 9.66. The summed E-state index contributed by atoms with van der Waals surface area (Å²) in [5, 5.41) is 0. The number of halogens is 3. The van der Waals surface area contributed by atoms with Crippen LogP contribution in [-0.2, 0) is 16.0 Å². The highest BCUT2D eigenvalue weighted by molar-refractivity contribution is 5.99. The Morgan fingerprint density at radius 2 is 1.45 bits per heavy atom. The smallest absolute Gasteiger partial charge is 0.437 e. The fraction of sp³-hybridized carbons (Fsp3) is 0.467. The first-order valence-electron chi connectivity index (χ1n) is 13.7. The summed E-state index contributed by atoms with van der Waals surface area (Å²) in [5.41, 5.74) is -1.76. The van der Waals surface area contributed by atoms with Crippen LogP contribution in [0.15, 0.2) is 41.4 Å². The molecule has 44 heavy (non-hydrogen) atoms. The van der Waals surface area contributed by atoms with Crippen molar-refractivity contribution in [2.75, 3.05) is 34.5 Å². The van der Waals surface area contributed by atoms with E-state index in [-0.39, 0.29) is 34.5 Å².